The highest BCUT2D eigenvalue weighted by Gasteiger charge is 2.44. The van der Waals surface area contributed by atoms with Gasteiger partial charge in [0.15, 0.2) is 0 Å². The molecule has 0 radical (unpaired) electrons. The Morgan fingerprint density at radius 2 is 1.51 bits per heavy atom. The summed E-state index contributed by atoms with van der Waals surface area (Å²) in [5, 5.41) is 0. The zero-order valence-corrected chi connectivity index (χ0v) is 20.3. The van der Waals surface area contributed by atoms with Crippen LogP contribution in [0.5, 0.6) is 5.75 Å². The molecule has 3 fully saturated rings. The smallest absolute Gasteiger partial charge is 0.253 e. The number of benzene rings is 2. The fourth-order valence-corrected chi connectivity index (χ4v) is 5.96. The van der Waals surface area contributed by atoms with Crippen LogP contribution in [0.2, 0.25) is 0 Å². The van der Waals surface area contributed by atoms with Gasteiger partial charge in [-0.05, 0) is 74.9 Å². The minimum Gasteiger partial charge on any atom is -0.497 e. The molecule has 0 aromatic heterocycles. The van der Waals surface area contributed by atoms with E-state index in [9.17, 15) is 14.4 Å². The van der Waals surface area contributed by atoms with Crippen molar-refractivity contribution in [2.24, 2.45) is 11.8 Å². The van der Waals surface area contributed by atoms with E-state index >= 15 is 0 Å². The van der Waals surface area contributed by atoms with Crippen LogP contribution in [0.1, 0.15) is 42.5 Å². The van der Waals surface area contributed by atoms with Crippen LogP contribution in [-0.4, -0.2) is 66.9 Å². The van der Waals surface area contributed by atoms with Crippen molar-refractivity contribution in [3.8, 4) is 5.75 Å². The number of hydrogen-bond donors (Lipinski definition) is 0. The van der Waals surface area contributed by atoms with Gasteiger partial charge in [0.05, 0.1) is 25.3 Å². The summed E-state index contributed by atoms with van der Waals surface area (Å²) in [4.78, 5) is 44.2. The number of nitrogens with zero attached hydrogens (tertiary/aromatic N) is 3. The number of ether oxygens (including phenoxy) is 1. The highest BCUT2D eigenvalue weighted by atomic mass is 16.5. The van der Waals surface area contributed by atoms with E-state index in [0.717, 1.165) is 57.4 Å². The molecule has 0 bridgehead atoms. The monoisotopic (exact) mass is 475 g/mol. The first-order valence-electron chi connectivity index (χ1n) is 12.6. The highest BCUT2D eigenvalue weighted by molar-refractivity contribution is 6.22. The Morgan fingerprint density at radius 3 is 2.17 bits per heavy atom. The number of hydrogen-bond acceptors (Lipinski definition) is 5. The normalized spacial score (nSPS) is 22.6. The van der Waals surface area contributed by atoms with Crippen molar-refractivity contribution in [1.29, 1.82) is 0 Å². The maximum absolute atomic E-state index is 13.2. The van der Waals surface area contributed by atoms with Crippen LogP contribution >= 0.6 is 0 Å². The van der Waals surface area contributed by atoms with E-state index in [1.54, 1.807) is 31.4 Å². The Kier molecular flexibility index (Phi) is 6.86. The highest BCUT2D eigenvalue weighted by Crippen LogP contribution is 2.35. The number of imide groups is 1. The van der Waals surface area contributed by atoms with E-state index in [2.05, 4.69) is 4.90 Å². The fourth-order valence-electron chi connectivity index (χ4n) is 5.96. The summed E-state index contributed by atoms with van der Waals surface area (Å²) < 4.78 is 5.26. The molecule has 0 saturated carbocycles. The SMILES string of the molecule is COc1cccc(N2C(=O)C[C@H](N3CCC(C4CCN(C(=O)c5ccccc5)CC4)CC3)C2=O)c1. The summed E-state index contributed by atoms with van der Waals surface area (Å²) in [7, 11) is 1.57. The average Bonchev–Trinajstić information content (AvgIpc) is 3.22. The topological polar surface area (TPSA) is 70.2 Å². The first-order valence-corrected chi connectivity index (χ1v) is 12.6. The molecule has 3 amide bonds. The summed E-state index contributed by atoms with van der Waals surface area (Å²) in [6.07, 6.45) is 4.38. The quantitative estimate of drug-likeness (QED) is 0.618. The van der Waals surface area contributed by atoms with Gasteiger partial charge >= 0.3 is 0 Å². The molecule has 0 spiro atoms. The van der Waals surface area contributed by atoms with E-state index in [1.807, 2.05) is 35.2 Å². The molecule has 0 unspecified atom stereocenters. The second kappa shape index (κ2) is 10.2. The van der Waals surface area contributed by atoms with Gasteiger partial charge in [0.1, 0.15) is 5.75 Å². The molecule has 3 heterocycles. The lowest BCUT2D eigenvalue weighted by Crippen LogP contribution is -2.47. The summed E-state index contributed by atoms with van der Waals surface area (Å²) in [6.45, 7) is 3.29. The standard InChI is InChI=1S/C28H33N3O4/c1-35-24-9-5-8-23(18-24)31-26(32)19-25(28(31)34)29-14-10-20(11-15-29)21-12-16-30(17-13-21)27(33)22-6-3-2-4-7-22/h2-9,18,20-21,25H,10-17,19H2,1H3/t25-/m0/s1. The van der Waals surface area contributed by atoms with Crippen molar-refractivity contribution < 1.29 is 19.1 Å². The Bertz CT molecular complexity index is 1070. The molecular weight excluding hydrogens is 442 g/mol. The molecule has 5 rings (SSSR count). The predicted molar refractivity (Wildman–Crippen MR) is 133 cm³/mol. The van der Waals surface area contributed by atoms with Crippen molar-refractivity contribution in [1.82, 2.24) is 9.80 Å². The molecule has 7 heteroatoms. The summed E-state index contributed by atoms with van der Waals surface area (Å²) in [5.74, 6) is 1.71. The van der Waals surface area contributed by atoms with Gasteiger partial charge in [0.2, 0.25) is 5.91 Å². The minimum absolute atomic E-state index is 0.129. The number of amides is 3. The predicted octanol–water partition coefficient (Wildman–Crippen LogP) is 3.59. The zero-order chi connectivity index (χ0) is 24.4. The van der Waals surface area contributed by atoms with E-state index in [1.165, 1.54) is 4.90 Å². The Labute approximate surface area is 206 Å². The van der Waals surface area contributed by atoms with Gasteiger partial charge in [0.25, 0.3) is 11.8 Å². The first-order chi connectivity index (χ1) is 17.0. The van der Waals surface area contributed by atoms with Crippen LogP contribution in [0.25, 0.3) is 0 Å². The summed E-state index contributed by atoms with van der Waals surface area (Å²) in [5.41, 5.74) is 1.34. The molecule has 7 nitrogen and oxygen atoms in total. The van der Waals surface area contributed by atoms with Crippen LogP contribution in [0.15, 0.2) is 54.6 Å². The molecule has 2 aromatic carbocycles. The third-order valence-electron chi connectivity index (χ3n) is 7.96. The number of carbonyl (C=O) groups excluding carboxylic acids is 3. The van der Waals surface area contributed by atoms with E-state index < -0.39 is 0 Å². The number of carbonyl (C=O) groups is 3. The number of piperidine rings is 2. The second-order valence-electron chi connectivity index (χ2n) is 9.86. The first kappa shape index (κ1) is 23.5. The Morgan fingerprint density at radius 1 is 0.857 bits per heavy atom. The van der Waals surface area contributed by atoms with Gasteiger partial charge < -0.3 is 9.64 Å². The molecule has 0 aliphatic carbocycles. The van der Waals surface area contributed by atoms with Crippen LogP contribution in [0, 0.1) is 11.8 Å². The maximum atomic E-state index is 13.2. The van der Waals surface area contributed by atoms with Crippen molar-refractivity contribution in [2.45, 2.75) is 38.1 Å². The maximum Gasteiger partial charge on any atom is 0.253 e. The van der Waals surface area contributed by atoms with Crippen molar-refractivity contribution in [2.75, 3.05) is 38.2 Å². The van der Waals surface area contributed by atoms with Crippen LogP contribution in [0.4, 0.5) is 5.69 Å². The van der Waals surface area contributed by atoms with Gasteiger partial charge in [-0.3, -0.25) is 19.3 Å². The Balaban J connectivity index is 1.14. The number of anilines is 1. The minimum atomic E-state index is -0.375. The molecule has 3 saturated heterocycles. The van der Waals surface area contributed by atoms with Crippen molar-refractivity contribution in [3.05, 3.63) is 60.2 Å². The zero-order valence-electron chi connectivity index (χ0n) is 20.3. The van der Waals surface area contributed by atoms with Gasteiger partial charge in [-0.2, -0.15) is 0 Å². The lowest BCUT2D eigenvalue weighted by Gasteiger charge is -2.41. The second-order valence-corrected chi connectivity index (χ2v) is 9.86. The van der Waals surface area contributed by atoms with E-state index in [0.29, 0.717) is 23.3 Å². The van der Waals surface area contributed by atoms with Gasteiger partial charge in [-0.1, -0.05) is 24.3 Å². The van der Waals surface area contributed by atoms with Crippen molar-refractivity contribution >= 4 is 23.4 Å². The van der Waals surface area contributed by atoms with Crippen molar-refractivity contribution in [3.63, 3.8) is 0 Å². The average molecular weight is 476 g/mol. The van der Waals surface area contributed by atoms with Gasteiger partial charge in [-0.15, -0.1) is 0 Å². The number of likely N-dealkylation sites (tertiary alicyclic amines) is 2. The largest absolute Gasteiger partial charge is 0.497 e. The van der Waals surface area contributed by atoms with Crippen LogP contribution in [0.3, 0.4) is 0 Å². The Hall–Kier alpha value is -3.19. The van der Waals surface area contributed by atoms with Gasteiger partial charge in [-0.25, -0.2) is 4.90 Å². The molecule has 184 valence electrons. The van der Waals surface area contributed by atoms with Crippen LogP contribution < -0.4 is 9.64 Å². The molecule has 3 aliphatic rings. The van der Waals surface area contributed by atoms with Crippen LogP contribution in [-0.2, 0) is 9.59 Å². The summed E-state index contributed by atoms with van der Waals surface area (Å²) >= 11 is 0. The molecule has 0 N–H and O–H groups in total. The number of rotatable bonds is 5. The number of methoxy groups -OCH3 is 1. The van der Waals surface area contributed by atoms with E-state index in [-0.39, 0.29) is 30.2 Å². The molecule has 2 aromatic rings. The summed E-state index contributed by atoms with van der Waals surface area (Å²) in [6, 6.07) is 16.3. The molecule has 35 heavy (non-hydrogen) atoms. The fraction of sp³-hybridized carbons (Fsp3) is 0.464. The molecule has 1 atom stereocenters. The lowest BCUT2D eigenvalue weighted by molar-refractivity contribution is -0.123. The molecular formula is C28H33N3O4. The van der Waals surface area contributed by atoms with E-state index in [4.69, 9.17) is 4.74 Å². The molecule has 3 aliphatic heterocycles. The third kappa shape index (κ3) is 4.82. The lowest BCUT2D eigenvalue weighted by atomic mass is 9.78. The van der Waals surface area contributed by atoms with Gasteiger partial charge in [0, 0.05) is 24.7 Å². The third-order valence-corrected chi connectivity index (χ3v) is 7.96.